The molecule has 1 unspecified atom stereocenters. The minimum atomic E-state index is -1.26. The minimum absolute atomic E-state index is 0.000813. The molecule has 0 amide bonds. The standard InChI is InChI=1S/C16H15FO2/c17-15(10-11-16(18)19)14-9-5-4-8-13(14)12-6-2-1-3-7-12/h1-9,15H,10-11H2,(H,18,19). The molecule has 19 heavy (non-hydrogen) atoms. The van der Waals surface area contributed by atoms with Gasteiger partial charge in [-0.05, 0) is 23.1 Å². The number of alkyl halides is 1. The molecule has 0 aromatic heterocycles. The van der Waals surface area contributed by atoms with Crippen LogP contribution < -0.4 is 0 Å². The van der Waals surface area contributed by atoms with Gasteiger partial charge in [0.05, 0.1) is 0 Å². The van der Waals surface area contributed by atoms with E-state index in [0.29, 0.717) is 5.56 Å². The van der Waals surface area contributed by atoms with E-state index in [2.05, 4.69) is 0 Å². The average molecular weight is 258 g/mol. The molecule has 3 heteroatoms. The molecule has 2 aromatic rings. The average Bonchev–Trinajstić information content (AvgIpc) is 2.45. The van der Waals surface area contributed by atoms with Crippen LogP contribution in [0.15, 0.2) is 54.6 Å². The summed E-state index contributed by atoms with van der Waals surface area (Å²) < 4.78 is 14.2. The smallest absolute Gasteiger partial charge is 0.303 e. The van der Waals surface area contributed by atoms with Gasteiger partial charge >= 0.3 is 5.97 Å². The van der Waals surface area contributed by atoms with Crippen molar-refractivity contribution in [2.24, 2.45) is 0 Å². The highest BCUT2D eigenvalue weighted by Crippen LogP contribution is 2.32. The topological polar surface area (TPSA) is 37.3 Å². The van der Waals surface area contributed by atoms with E-state index in [4.69, 9.17) is 5.11 Å². The van der Waals surface area contributed by atoms with E-state index in [-0.39, 0.29) is 12.8 Å². The third-order valence-electron chi connectivity index (χ3n) is 2.99. The second-order valence-corrected chi connectivity index (χ2v) is 4.35. The zero-order valence-electron chi connectivity index (χ0n) is 10.4. The van der Waals surface area contributed by atoms with E-state index in [1.54, 1.807) is 12.1 Å². The zero-order chi connectivity index (χ0) is 13.7. The Morgan fingerprint density at radius 3 is 2.37 bits per heavy atom. The summed E-state index contributed by atoms with van der Waals surface area (Å²) in [7, 11) is 0. The van der Waals surface area contributed by atoms with Gasteiger partial charge in [0, 0.05) is 6.42 Å². The first kappa shape index (κ1) is 13.3. The highest BCUT2D eigenvalue weighted by atomic mass is 19.1. The van der Waals surface area contributed by atoms with E-state index < -0.39 is 12.1 Å². The second-order valence-electron chi connectivity index (χ2n) is 4.35. The first-order valence-electron chi connectivity index (χ1n) is 6.18. The summed E-state index contributed by atoms with van der Waals surface area (Å²) in [5.74, 6) is -0.972. The molecule has 2 rings (SSSR count). The van der Waals surface area contributed by atoms with Crippen LogP contribution in [0, 0.1) is 0 Å². The summed E-state index contributed by atoms with van der Waals surface area (Å²) in [6, 6.07) is 16.7. The number of carbonyl (C=O) groups is 1. The van der Waals surface area contributed by atoms with Crippen molar-refractivity contribution in [3.05, 3.63) is 60.2 Å². The zero-order valence-corrected chi connectivity index (χ0v) is 10.4. The molecule has 0 bridgehead atoms. The van der Waals surface area contributed by atoms with Gasteiger partial charge in [0.2, 0.25) is 0 Å². The lowest BCUT2D eigenvalue weighted by atomic mass is 9.95. The third kappa shape index (κ3) is 3.41. The lowest BCUT2D eigenvalue weighted by molar-refractivity contribution is -0.137. The van der Waals surface area contributed by atoms with E-state index in [9.17, 15) is 9.18 Å². The molecule has 2 nitrogen and oxygen atoms in total. The molecule has 2 aromatic carbocycles. The van der Waals surface area contributed by atoms with Crippen LogP contribution in [0.25, 0.3) is 11.1 Å². The number of hydrogen-bond acceptors (Lipinski definition) is 1. The molecular formula is C16H15FO2. The van der Waals surface area contributed by atoms with Gasteiger partial charge in [-0.2, -0.15) is 0 Å². The Morgan fingerprint density at radius 2 is 1.68 bits per heavy atom. The molecule has 0 fully saturated rings. The van der Waals surface area contributed by atoms with Gasteiger partial charge < -0.3 is 5.11 Å². The fourth-order valence-corrected chi connectivity index (χ4v) is 2.06. The highest BCUT2D eigenvalue weighted by molar-refractivity contribution is 5.69. The van der Waals surface area contributed by atoms with Crippen molar-refractivity contribution in [3.8, 4) is 11.1 Å². The van der Waals surface area contributed by atoms with Crippen LogP contribution in [0.2, 0.25) is 0 Å². The van der Waals surface area contributed by atoms with Crippen LogP contribution in [0.4, 0.5) is 4.39 Å². The number of carboxylic acid groups (broad SMARTS) is 1. The molecule has 0 saturated heterocycles. The first-order chi connectivity index (χ1) is 9.18. The molecule has 0 aliphatic heterocycles. The van der Waals surface area contributed by atoms with Crippen LogP contribution in [0.5, 0.6) is 0 Å². The predicted molar refractivity (Wildman–Crippen MR) is 72.6 cm³/mol. The molecule has 0 aliphatic rings. The number of halogens is 1. The molecule has 0 saturated carbocycles. The van der Waals surface area contributed by atoms with Crippen LogP contribution in [0.3, 0.4) is 0 Å². The SMILES string of the molecule is O=C(O)CCC(F)c1ccccc1-c1ccccc1. The molecule has 0 aliphatic carbocycles. The van der Waals surface area contributed by atoms with Crippen LogP contribution >= 0.6 is 0 Å². The van der Waals surface area contributed by atoms with Crippen molar-refractivity contribution >= 4 is 5.97 Å². The van der Waals surface area contributed by atoms with E-state index in [1.807, 2.05) is 42.5 Å². The van der Waals surface area contributed by atoms with Gasteiger partial charge in [-0.1, -0.05) is 54.6 Å². The summed E-state index contributed by atoms with van der Waals surface area (Å²) in [4.78, 5) is 10.5. The lowest BCUT2D eigenvalue weighted by Crippen LogP contribution is -2.00. The monoisotopic (exact) mass is 258 g/mol. The summed E-state index contributed by atoms with van der Waals surface area (Å²) in [5.41, 5.74) is 2.31. The Balaban J connectivity index is 2.28. The maximum Gasteiger partial charge on any atom is 0.303 e. The van der Waals surface area contributed by atoms with Crippen molar-refractivity contribution in [2.45, 2.75) is 19.0 Å². The number of carboxylic acids is 1. The fraction of sp³-hybridized carbons (Fsp3) is 0.188. The number of hydrogen-bond donors (Lipinski definition) is 1. The molecule has 98 valence electrons. The number of rotatable bonds is 5. The Labute approximate surface area is 111 Å². The maximum atomic E-state index is 14.2. The second kappa shape index (κ2) is 6.14. The largest absolute Gasteiger partial charge is 0.481 e. The number of aliphatic carboxylic acids is 1. The maximum absolute atomic E-state index is 14.2. The molecule has 0 spiro atoms. The molecule has 1 N–H and O–H groups in total. The molecule has 1 atom stereocenters. The van der Waals surface area contributed by atoms with Crippen molar-refractivity contribution in [3.63, 3.8) is 0 Å². The van der Waals surface area contributed by atoms with Gasteiger partial charge in [0.1, 0.15) is 6.17 Å². The Morgan fingerprint density at radius 1 is 1.05 bits per heavy atom. The summed E-state index contributed by atoms with van der Waals surface area (Å²) in [5, 5.41) is 8.63. The van der Waals surface area contributed by atoms with Gasteiger partial charge in [-0.3, -0.25) is 4.79 Å². The number of benzene rings is 2. The summed E-state index contributed by atoms with van der Waals surface area (Å²) in [6.45, 7) is 0. The summed E-state index contributed by atoms with van der Waals surface area (Å²) >= 11 is 0. The Kier molecular flexibility index (Phi) is 4.29. The first-order valence-corrected chi connectivity index (χ1v) is 6.18. The van der Waals surface area contributed by atoms with Gasteiger partial charge in [-0.15, -0.1) is 0 Å². The van der Waals surface area contributed by atoms with E-state index in [1.165, 1.54) is 0 Å². The van der Waals surface area contributed by atoms with Crippen molar-refractivity contribution < 1.29 is 14.3 Å². The summed E-state index contributed by atoms with van der Waals surface area (Å²) in [6.07, 6.45) is -1.42. The van der Waals surface area contributed by atoms with E-state index >= 15 is 0 Å². The van der Waals surface area contributed by atoms with Crippen LogP contribution in [0.1, 0.15) is 24.6 Å². The van der Waals surface area contributed by atoms with Crippen molar-refractivity contribution in [1.82, 2.24) is 0 Å². The predicted octanol–water partition coefficient (Wildman–Crippen LogP) is 4.23. The molecule has 0 heterocycles. The Bertz CT molecular complexity index is 552. The van der Waals surface area contributed by atoms with Gasteiger partial charge in [0.25, 0.3) is 0 Å². The van der Waals surface area contributed by atoms with Gasteiger partial charge in [-0.25, -0.2) is 4.39 Å². The fourth-order valence-electron chi connectivity index (χ4n) is 2.06. The van der Waals surface area contributed by atoms with Crippen molar-refractivity contribution in [2.75, 3.05) is 0 Å². The molecular weight excluding hydrogens is 243 g/mol. The quantitative estimate of drug-likeness (QED) is 0.871. The van der Waals surface area contributed by atoms with Crippen LogP contribution in [-0.4, -0.2) is 11.1 Å². The van der Waals surface area contributed by atoms with E-state index in [0.717, 1.165) is 11.1 Å². The van der Waals surface area contributed by atoms with Gasteiger partial charge in [0.15, 0.2) is 0 Å². The molecule has 0 radical (unpaired) electrons. The lowest BCUT2D eigenvalue weighted by Gasteiger charge is -2.13. The normalized spacial score (nSPS) is 12.1. The van der Waals surface area contributed by atoms with Crippen molar-refractivity contribution in [1.29, 1.82) is 0 Å². The highest BCUT2D eigenvalue weighted by Gasteiger charge is 2.16. The minimum Gasteiger partial charge on any atom is -0.481 e. The Hall–Kier alpha value is -2.16. The third-order valence-corrected chi connectivity index (χ3v) is 2.99. The van der Waals surface area contributed by atoms with Crippen LogP contribution in [-0.2, 0) is 4.79 Å².